The minimum Gasteiger partial charge on any atom is -0.445 e. The lowest BCUT2D eigenvalue weighted by Crippen LogP contribution is -2.24. The van der Waals surface area contributed by atoms with E-state index in [1.165, 1.54) is 6.92 Å². The van der Waals surface area contributed by atoms with Crippen molar-refractivity contribution >= 4 is 5.97 Å². The van der Waals surface area contributed by atoms with Crippen LogP contribution in [0.3, 0.4) is 0 Å². The predicted octanol–water partition coefficient (Wildman–Crippen LogP) is 0.213. The smallest absolute Gasteiger partial charge is 0.335 e. The summed E-state index contributed by atoms with van der Waals surface area (Å²) in [6.07, 6.45) is -1.45. The van der Waals surface area contributed by atoms with E-state index in [1.54, 1.807) is 13.0 Å². The first-order chi connectivity index (χ1) is 5.11. The van der Waals surface area contributed by atoms with Gasteiger partial charge in [-0.2, -0.15) is 5.26 Å². The summed E-state index contributed by atoms with van der Waals surface area (Å²) in [5.41, 5.74) is 0. The van der Waals surface area contributed by atoms with Crippen molar-refractivity contribution < 1.29 is 14.6 Å². The first-order valence-electron chi connectivity index (χ1n) is 3.40. The Labute approximate surface area is 65.4 Å². The van der Waals surface area contributed by atoms with Crippen LogP contribution in [0.2, 0.25) is 0 Å². The standard InChI is InChI=1S/C7H11NO3/c1-3-6(4-8)11-7(10)5(2)9/h5-6,9H,3H2,1-2H3. The number of ether oxygens (including phenoxy) is 1. The Kier molecular flexibility index (Phi) is 4.23. The van der Waals surface area contributed by atoms with Gasteiger partial charge in [0.05, 0.1) is 0 Å². The maximum atomic E-state index is 10.6. The van der Waals surface area contributed by atoms with Crippen molar-refractivity contribution in [1.29, 1.82) is 5.26 Å². The topological polar surface area (TPSA) is 70.3 Å². The second kappa shape index (κ2) is 4.69. The van der Waals surface area contributed by atoms with Crippen LogP contribution in [0.25, 0.3) is 0 Å². The molecule has 0 aliphatic heterocycles. The van der Waals surface area contributed by atoms with Crippen LogP contribution < -0.4 is 0 Å². The predicted molar refractivity (Wildman–Crippen MR) is 37.5 cm³/mol. The molecule has 2 atom stereocenters. The van der Waals surface area contributed by atoms with Gasteiger partial charge < -0.3 is 9.84 Å². The van der Waals surface area contributed by atoms with E-state index in [4.69, 9.17) is 10.4 Å². The number of aliphatic hydroxyl groups excluding tert-OH is 1. The van der Waals surface area contributed by atoms with Crippen LogP contribution in [0.4, 0.5) is 0 Å². The lowest BCUT2D eigenvalue weighted by Gasteiger charge is -2.09. The van der Waals surface area contributed by atoms with Crippen molar-refractivity contribution in [3.63, 3.8) is 0 Å². The average molecular weight is 157 g/mol. The molecule has 0 aliphatic rings. The Morgan fingerprint density at radius 2 is 2.36 bits per heavy atom. The van der Waals surface area contributed by atoms with Gasteiger partial charge in [-0.1, -0.05) is 6.92 Å². The van der Waals surface area contributed by atoms with Gasteiger partial charge in [-0.25, -0.2) is 4.79 Å². The summed E-state index contributed by atoms with van der Waals surface area (Å²) in [6, 6.07) is 1.78. The first-order valence-corrected chi connectivity index (χ1v) is 3.40. The molecule has 0 amide bonds. The van der Waals surface area contributed by atoms with E-state index in [0.29, 0.717) is 6.42 Å². The Morgan fingerprint density at radius 1 is 1.82 bits per heavy atom. The zero-order chi connectivity index (χ0) is 8.85. The molecule has 0 aromatic rings. The van der Waals surface area contributed by atoms with Gasteiger partial charge in [0, 0.05) is 0 Å². The highest BCUT2D eigenvalue weighted by Gasteiger charge is 2.15. The highest BCUT2D eigenvalue weighted by molar-refractivity contribution is 5.74. The lowest BCUT2D eigenvalue weighted by atomic mass is 10.3. The normalized spacial score (nSPS) is 14.7. The number of carbonyl (C=O) groups excluding carboxylic acids is 1. The van der Waals surface area contributed by atoms with E-state index in [-0.39, 0.29) is 0 Å². The average Bonchev–Trinajstić information content (AvgIpc) is 1.99. The molecule has 0 radical (unpaired) electrons. The third kappa shape index (κ3) is 3.58. The Balaban J connectivity index is 3.84. The quantitative estimate of drug-likeness (QED) is 0.594. The molecule has 4 nitrogen and oxygen atoms in total. The summed E-state index contributed by atoms with van der Waals surface area (Å²) in [5, 5.41) is 17.0. The third-order valence-electron chi connectivity index (χ3n) is 1.11. The molecule has 4 heteroatoms. The van der Waals surface area contributed by atoms with Crippen LogP contribution >= 0.6 is 0 Å². The van der Waals surface area contributed by atoms with Crippen LogP contribution in [-0.4, -0.2) is 23.3 Å². The molecule has 1 N–H and O–H groups in total. The van der Waals surface area contributed by atoms with Crippen molar-refractivity contribution in [2.45, 2.75) is 32.5 Å². The van der Waals surface area contributed by atoms with Crippen molar-refractivity contribution in [3.8, 4) is 6.07 Å². The fourth-order valence-electron chi connectivity index (χ4n) is 0.440. The molecule has 0 aromatic carbocycles. The number of esters is 1. The van der Waals surface area contributed by atoms with E-state index in [1.807, 2.05) is 0 Å². The van der Waals surface area contributed by atoms with E-state index >= 15 is 0 Å². The summed E-state index contributed by atoms with van der Waals surface area (Å²) < 4.78 is 4.56. The SMILES string of the molecule is CCC(C#N)OC(=O)C(C)O. The number of hydrogen-bond donors (Lipinski definition) is 1. The molecule has 0 spiro atoms. The maximum absolute atomic E-state index is 10.6. The monoisotopic (exact) mass is 157 g/mol. The largest absolute Gasteiger partial charge is 0.445 e. The molecule has 0 aromatic heterocycles. The first kappa shape index (κ1) is 9.92. The van der Waals surface area contributed by atoms with E-state index in [2.05, 4.69) is 4.74 Å². The van der Waals surface area contributed by atoms with Crippen molar-refractivity contribution in [3.05, 3.63) is 0 Å². The molecule has 62 valence electrons. The summed E-state index contributed by atoms with van der Waals surface area (Å²) in [7, 11) is 0. The van der Waals surface area contributed by atoms with E-state index in [9.17, 15) is 4.79 Å². The second-order valence-corrected chi connectivity index (χ2v) is 2.14. The molecular weight excluding hydrogens is 146 g/mol. The zero-order valence-electron chi connectivity index (χ0n) is 6.57. The molecule has 0 bridgehead atoms. The fraction of sp³-hybridized carbons (Fsp3) is 0.714. The Morgan fingerprint density at radius 3 is 2.64 bits per heavy atom. The second-order valence-electron chi connectivity index (χ2n) is 2.14. The van der Waals surface area contributed by atoms with Crippen LogP contribution in [0.15, 0.2) is 0 Å². The minimum absolute atomic E-state index is 0.439. The number of hydrogen-bond acceptors (Lipinski definition) is 4. The zero-order valence-corrected chi connectivity index (χ0v) is 6.57. The van der Waals surface area contributed by atoms with Gasteiger partial charge in [-0.05, 0) is 13.3 Å². The number of nitrogens with zero attached hydrogens (tertiary/aromatic N) is 1. The van der Waals surface area contributed by atoms with Crippen LogP contribution in [0.1, 0.15) is 20.3 Å². The summed E-state index contributed by atoms with van der Waals surface area (Å²) in [6.45, 7) is 3.02. The van der Waals surface area contributed by atoms with E-state index < -0.39 is 18.2 Å². The molecule has 0 aliphatic carbocycles. The van der Waals surface area contributed by atoms with Gasteiger partial charge in [-0.15, -0.1) is 0 Å². The van der Waals surface area contributed by atoms with E-state index in [0.717, 1.165) is 0 Å². The van der Waals surface area contributed by atoms with Crippen molar-refractivity contribution in [2.24, 2.45) is 0 Å². The molecule has 2 unspecified atom stereocenters. The maximum Gasteiger partial charge on any atom is 0.335 e. The number of nitriles is 1. The minimum atomic E-state index is -1.16. The number of carbonyl (C=O) groups is 1. The fourth-order valence-corrected chi connectivity index (χ4v) is 0.440. The summed E-state index contributed by atoms with van der Waals surface area (Å²) in [5.74, 6) is -0.751. The highest BCUT2D eigenvalue weighted by Crippen LogP contribution is 1.98. The van der Waals surface area contributed by atoms with Gasteiger partial charge in [0.25, 0.3) is 0 Å². The Hall–Kier alpha value is -1.08. The Bertz CT molecular complexity index is 171. The van der Waals surface area contributed by atoms with Gasteiger partial charge in [0.1, 0.15) is 12.2 Å². The van der Waals surface area contributed by atoms with Gasteiger partial charge in [0.15, 0.2) is 6.10 Å². The van der Waals surface area contributed by atoms with Gasteiger partial charge >= 0.3 is 5.97 Å². The lowest BCUT2D eigenvalue weighted by molar-refractivity contribution is -0.155. The summed E-state index contributed by atoms with van der Waals surface area (Å²) >= 11 is 0. The van der Waals surface area contributed by atoms with Crippen LogP contribution in [-0.2, 0) is 9.53 Å². The molecular formula is C7H11NO3. The summed E-state index contributed by atoms with van der Waals surface area (Å²) in [4.78, 5) is 10.6. The number of rotatable bonds is 3. The molecule has 0 rings (SSSR count). The van der Waals surface area contributed by atoms with Gasteiger partial charge in [-0.3, -0.25) is 0 Å². The molecule has 0 fully saturated rings. The van der Waals surface area contributed by atoms with Crippen molar-refractivity contribution in [2.75, 3.05) is 0 Å². The van der Waals surface area contributed by atoms with Gasteiger partial charge in [0.2, 0.25) is 0 Å². The molecule has 11 heavy (non-hydrogen) atoms. The number of aliphatic hydroxyl groups is 1. The molecule has 0 saturated heterocycles. The molecule has 0 saturated carbocycles. The van der Waals surface area contributed by atoms with Crippen LogP contribution in [0.5, 0.6) is 0 Å². The van der Waals surface area contributed by atoms with Crippen LogP contribution in [0, 0.1) is 11.3 Å². The third-order valence-corrected chi connectivity index (χ3v) is 1.11. The molecule has 0 heterocycles. The van der Waals surface area contributed by atoms with Crippen molar-refractivity contribution in [1.82, 2.24) is 0 Å². The highest BCUT2D eigenvalue weighted by atomic mass is 16.6.